The Morgan fingerprint density at radius 2 is 2.00 bits per heavy atom. The van der Waals surface area contributed by atoms with E-state index < -0.39 is 0 Å². The standard InChI is InChI=1S/C14H28N4OS/c1-16(2)8-9-18(12-4-6-17(3)7-5-12)14(19)13-10-20-11-15-13/h12-13,15H,4-11H2,1-3H3. The van der Waals surface area contributed by atoms with Gasteiger partial charge in [-0.2, -0.15) is 0 Å². The molecule has 0 aromatic heterocycles. The van der Waals surface area contributed by atoms with Crippen molar-refractivity contribution in [3.63, 3.8) is 0 Å². The van der Waals surface area contributed by atoms with Crippen molar-refractivity contribution in [2.24, 2.45) is 0 Å². The predicted molar refractivity (Wildman–Crippen MR) is 85.0 cm³/mol. The Morgan fingerprint density at radius 3 is 2.55 bits per heavy atom. The van der Waals surface area contributed by atoms with Crippen molar-refractivity contribution in [1.82, 2.24) is 20.0 Å². The Kier molecular flexibility index (Phi) is 6.14. The molecule has 5 nitrogen and oxygen atoms in total. The van der Waals surface area contributed by atoms with Crippen LogP contribution in [-0.2, 0) is 4.79 Å². The van der Waals surface area contributed by atoms with Gasteiger partial charge < -0.3 is 14.7 Å². The molecule has 2 rings (SSSR count). The molecular weight excluding hydrogens is 272 g/mol. The highest BCUT2D eigenvalue weighted by Crippen LogP contribution is 2.19. The SMILES string of the molecule is CN(C)CCN(C(=O)C1CSCN1)C1CCN(C)CC1. The van der Waals surface area contributed by atoms with Gasteiger partial charge in [0.25, 0.3) is 0 Å². The molecule has 2 aliphatic heterocycles. The van der Waals surface area contributed by atoms with E-state index in [1.807, 2.05) is 11.8 Å². The number of amides is 1. The Bertz CT molecular complexity index is 312. The molecule has 2 aliphatic rings. The molecular formula is C14H28N4OS. The summed E-state index contributed by atoms with van der Waals surface area (Å²) in [6, 6.07) is 0.452. The number of hydrogen-bond donors (Lipinski definition) is 1. The molecule has 1 atom stereocenters. The van der Waals surface area contributed by atoms with Crippen LogP contribution < -0.4 is 5.32 Å². The summed E-state index contributed by atoms with van der Waals surface area (Å²) < 4.78 is 0. The monoisotopic (exact) mass is 300 g/mol. The Balaban J connectivity index is 1.97. The topological polar surface area (TPSA) is 38.8 Å². The van der Waals surface area contributed by atoms with Crippen LogP contribution >= 0.6 is 11.8 Å². The molecule has 0 aromatic rings. The normalized spacial score (nSPS) is 25.3. The van der Waals surface area contributed by atoms with Gasteiger partial charge in [0.15, 0.2) is 0 Å². The van der Waals surface area contributed by atoms with Gasteiger partial charge in [-0.3, -0.25) is 10.1 Å². The summed E-state index contributed by atoms with van der Waals surface area (Å²) in [4.78, 5) is 19.4. The van der Waals surface area contributed by atoms with E-state index in [2.05, 4.69) is 41.2 Å². The number of carbonyl (C=O) groups is 1. The van der Waals surface area contributed by atoms with Crippen molar-refractivity contribution in [2.45, 2.75) is 24.9 Å². The molecule has 1 unspecified atom stereocenters. The van der Waals surface area contributed by atoms with E-state index in [0.717, 1.165) is 50.7 Å². The first-order chi connectivity index (χ1) is 9.58. The highest BCUT2D eigenvalue weighted by atomic mass is 32.2. The van der Waals surface area contributed by atoms with Crippen LogP contribution in [0.4, 0.5) is 0 Å². The highest BCUT2D eigenvalue weighted by molar-refractivity contribution is 7.99. The van der Waals surface area contributed by atoms with Gasteiger partial charge in [-0.05, 0) is 47.1 Å². The number of likely N-dealkylation sites (N-methyl/N-ethyl adjacent to an activating group) is 1. The second-order valence-corrected chi connectivity index (χ2v) is 7.17. The van der Waals surface area contributed by atoms with E-state index >= 15 is 0 Å². The zero-order chi connectivity index (χ0) is 14.5. The van der Waals surface area contributed by atoms with E-state index in [1.165, 1.54) is 0 Å². The molecule has 1 N–H and O–H groups in total. The first-order valence-electron chi connectivity index (χ1n) is 7.53. The molecule has 0 aromatic carbocycles. The number of hydrogen-bond acceptors (Lipinski definition) is 5. The van der Waals surface area contributed by atoms with E-state index in [1.54, 1.807) is 0 Å². The molecule has 2 saturated heterocycles. The van der Waals surface area contributed by atoms with Gasteiger partial charge in [0.1, 0.15) is 0 Å². The van der Waals surface area contributed by atoms with Gasteiger partial charge in [0, 0.05) is 30.8 Å². The van der Waals surface area contributed by atoms with E-state index in [4.69, 9.17) is 0 Å². The number of piperidine rings is 1. The molecule has 2 heterocycles. The van der Waals surface area contributed by atoms with Crippen molar-refractivity contribution < 1.29 is 4.79 Å². The van der Waals surface area contributed by atoms with Gasteiger partial charge in [0.2, 0.25) is 5.91 Å². The number of rotatable bonds is 5. The molecule has 1 amide bonds. The van der Waals surface area contributed by atoms with Crippen molar-refractivity contribution in [3.05, 3.63) is 0 Å². The van der Waals surface area contributed by atoms with Crippen molar-refractivity contribution in [2.75, 3.05) is 59.0 Å². The molecule has 0 aliphatic carbocycles. The summed E-state index contributed by atoms with van der Waals surface area (Å²) in [5.74, 6) is 2.14. The average molecular weight is 300 g/mol. The quantitative estimate of drug-likeness (QED) is 0.782. The van der Waals surface area contributed by atoms with Crippen LogP contribution in [-0.4, -0.2) is 91.6 Å². The molecule has 6 heteroatoms. The second-order valence-electron chi connectivity index (χ2n) is 6.14. The number of carbonyl (C=O) groups excluding carboxylic acids is 1. The molecule has 20 heavy (non-hydrogen) atoms. The summed E-state index contributed by atoms with van der Waals surface area (Å²) in [6.07, 6.45) is 2.21. The van der Waals surface area contributed by atoms with Crippen LogP contribution in [0.1, 0.15) is 12.8 Å². The molecule has 0 saturated carbocycles. The summed E-state index contributed by atoms with van der Waals surface area (Å²) in [6.45, 7) is 3.99. The summed E-state index contributed by atoms with van der Waals surface area (Å²) in [7, 11) is 6.30. The molecule has 0 radical (unpaired) electrons. The number of thioether (sulfide) groups is 1. The van der Waals surface area contributed by atoms with Crippen LogP contribution in [0.5, 0.6) is 0 Å². The Labute approximate surface area is 127 Å². The largest absolute Gasteiger partial charge is 0.337 e. The zero-order valence-electron chi connectivity index (χ0n) is 13.0. The van der Waals surface area contributed by atoms with E-state index in [-0.39, 0.29) is 6.04 Å². The minimum Gasteiger partial charge on any atom is -0.337 e. The van der Waals surface area contributed by atoms with Crippen LogP contribution in [0.15, 0.2) is 0 Å². The molecule has 2 fully saturated rings. The second kappa shape index (κ2) is 7.64. The highest BCUT2D eigenvalue weighted by Gasteiger charge is 2.32. The third kappa shape index (κ3) is 4.35. The summed E-state index contributed by atoms with van der Waals surface area (Å²) in [5, 5.41) is 3.32. The van der Waals surface area contributed by atoms with Gasteiger partial charge in [0.05, 0.1) is 6.04 Å². The number of nitrogens with one attached hydrogen (secondary N) is 1. The number of likely N-dealkylation sites (tertiary alicyclic amines) is 1. The maximum Gasteiger partial charge on any atom is 0.240 e. The van der Waals surface area contributed by atoms with Gasteiger partial charge in [-0.15, -0.1) is 11.8 Å². The van der Waals surface area contributed by atoms with Crippen molar-refractivity contribution >= 4 is 17.7 Å². The molecule has 116 valence electrons. The Hall–Kier alpha value is -0.300. The average Bonchev–Trinajstić information content (AvgIpc) is 2.94. The minimum absolute atomic E-state index is 0.0295. The maximum atomic E-state index is 12.8. The van der Waals surface area contributed by atoms with Gasteiger partial charge >= 0.3 is 0 Å². The summed E-state index contributed by atoms with van der Waals surface area (Å²) in [5.41, 5.74) is 0. The smallest absolute Gasteiger partial charge is 0.240 e. The molecule has 0 spiro atoms. The van der Waals surface area contributed by atoms with Gasteiger partial charge in [-0.25, -0.2) is 0 Å². The maximum absolute atomic E-state index is 12.8. The van der Waals surface area contributed by atoms with E-state index in [0.29, 0.717) is 11.9 Å². The lowest BCUT2D eigenvalue weighted by atomic mass is 10.0. The lowest BCUT2D eigenvalue weighted by Crippen LogP contribution is -2.53. The predicted octanol–water partition coefficient (Wildman–Crippen LogP) is 0.133. The lowest BCUT2D eigenvalue weighted by Gasteiger charge is -2.39. The summed E-state index contributed by atoms with van der Waals surface area (Å²) >= 11 is 1.82. The number of nitrogens with zero attached hydrogens (tertiary/aromatic N) is 3. The van der Waals surface area contributed by atoms with Crippen LogP contribution in [0.2, 0.25) is 0 Å². The van der Waals surface area contributed by atoms with E-state index in [9.17, 15) is 4.79 Å². The molecule has 0 bridgehead atoms. The first-order valence-corrected chi connectivity index (χ1v) is 8.68. The third-order valence-corrected chi connectivity index (χ3v) is 5.15. The first kappa shape index (κ1) is 16.1. The zero-order valence-corrected chi connectivity index (χ0v) is 13.8. The minimum atomic E-state index is 0.0295. The van der Waals surface area contributed by atoms with Crippen molar-refractivity contribution in [3.8, 4) is 0 Å². The van der Waals surface area contributed by atoms with Crippen molar-refractivity contribution in [1.29, 1.82) is 0 Å². The fraction of sp³-hybridized carbons (Fsp3) is 0.929. The van der Waals surface area contributed by atoms with Crippen LogP contribution in [0.25, 0.3) is 0 Å². The lowest BCUT2D eigenvalue weighted by molar-refractivity contribution is -0.136. The van der Waals surface area contributed by atoms with Crippen LogP contribution in [0, 0.1) is 0 Å². The van der Waals surface area contributed by atoms with Crippen LogP contribution in [0.3, 0.4) is 0 Å². The third-order valence-electron chi connectivity index (χ3n) is 4.21. The Morgan fingerprint density at radius 1 is 1.30 bits per heavy atom. The fourth-order valence-electron chi connectivity index (χ4n) is 2.84. The fourth-order valence-corrected chi connectivity index (χ4v) is 3.77. The van der Waals surface area contributed by atoms with Gasteiger partial charge in [-0.1, -0.05) is 0 Å².